The highest BCUT2D eigenvalue weighted by atomic mass is 16.3. The average molecular weight is 229 g/mol. The second kappa shape index (κ2) is 6.58. The first kappa shape index (κ1) is 13.9. The van der Waals surface area contributed by atoms with Crippen LogP contribution < -0.4 is 5.32 Å². The minimum Gasteiger partial charge on any atom is -0.395 e. The number of rotatable bonds is 5. The van der Waals surface area contributed by atoms with Gasteiger partial charge in [0.15, 0.2) is 0 Å². The van der Waals surface area contributed by atoms with E-state index in [4.69, 9.17) is 5.11 Å². The quantitative estimate of drug-likeness (QED) is 0.629. The summed E-state index contributed by atoms with van der Waals surface area (Å²) in [6, 6.07) is -0.180. The van der Waals surface area contributed by atoms with Crippen molar-refractivity contribution in [1.29, 1.82) is 0 Å². The summed E-state index contributed by atoms with van der Waals surface area (Å²) in [6.07, 6.45) is 7.38. The minimum atomic E-state index is -0.487. The minimum absolute atomic E-state index is 0.00769. The van der Waals surface area contributed by atoms with E-state index in [0.717, 1.165) is 6.54 Å². The molecule has 0 saturated heterocycles. The van der Waals surface area contributed by atoms with Crippen molar-refractivity contribution in [3.05, 3.63) is 0 Å². The first-order valence-electron chi connectivity index (χ1n) is 6.60. The molecule has 0 radical (unpaired) electrons. The summed E-state index contributed by atoms with van der Waals surface area (Å²) in [6.45, 7) is 4.96. The van der Waals surface area contributed by atoms with E-state index in [1.165, 1.54) is 38.5 Å². The van der Waals surface area contributed by atoms with Crippen molar-refractivity contribution in [2.24, 2.45) is 5.41 Å². The zero-order chi connectivity index (χ0) is 12.0. The summed E-state index contributed by atoms with van der Waals surface area (Å²) in [7, 11) is 0. The summed E-state index contributed by atoms with van der Waals surface area (Å²) >= 11 is 0. The van der Waals surface area contributed by atoms with Crippen LogP contribution in [0.15, 0.2) is 0 Å². The molecule has 0 aromatic heterocycles. The van der Waals surface area contributed by atoms with Crippen LogP contribution in [0.1, 0.15) is 52.4 Å². The fourth-order valence-corrected chi connectivity index (χ4v) is 2.52. The topological polar surface area (TPSA) is 52.5 Å². The highest BCUT2D eigenvalue weighted by Gasteiger charge is 2.26. The molecule has 1 aliphatic rings. The molecule has 3 nitrogen and oxygen atoms in total. The Morgan fingerprint density at radius 3 is 2.19 bits per heavy atom. The van der Waals surface area contributed by atoms with Crippen LogP contribution in [0.25, 0.3) is 0 Å². The van der Waals surface area contributed by atoms with E-state index < -0.39 is 6.10 Å². The molecular formula is C13H27NO2. The smallest absolute Gasteiger partial charge is 0.0687 e. The number of aliphatic hydroxyl groups excluding tert-OH is 2. The van der Waals surface area contributed by atoms with Crippen LogP contribution in [0.2, 0.25) is 0 Å². The van der Waals surface area contributed by atoms with E-state index in [1.54, 1.807) is 6.92 Å². The van der Waals surface area contributed by atoms with Crippen LogP contribution in [-0.2, 0) is 0 Å². The normalized spacial score (nSPS) is 24.8. The number of hydrogen-bond donors (Lipinski definition) is 3. The Hall–Kier alpha value is -0.120. The molecule has 0 aliphatic heterocycles. The lowest BCUT2D eigenvalue weighted by Crippen LogP contribution is -2.45. The second-order valence-corrected chi connectivity index (χ2v) is 5.64. The Labute approximate surface area is 99.3 Å². The fourth-order valence-electron chi connectivity index (χ4n) is 2.52. The molecule has 2 atom stereocenters. The molecule has 96 valence electrons. The van der Waals surface area contributed by atoms with Crippen LogP contribution in [0.3, 0.4) is 0 Å². The van der Waals surface area contributed by atoms with Gasteiger partial charge in [-0.2, -0.15) is 0 Å². The van der Waals surface area contributed by atoms with Gasteiger partial charge >= 0.3 is 0 Å². The Kier molecular flexibility index (Phi) is 5.73. The van der Waals surface area contributed by atoms with Crippen molar-refractivity contribution in [1.82, 2.24) is 5.32 Å². The molecule has 0 amide bonds. The third-order valence-electron chi connectivity index (χ3n) is 3.88. The van der Waals surface area contributed by atoms with Crippen molar-refractivity contribution < 1.29 is 10.2 Å². The Morgan fingerprint density at radius 1 is 1.19 bits per heavy atom. The predicted octanol–water partition coefficient (Wildman–Crippen LogP) is 1.68. The zero-order valence-electron chi connectivity index (χ0n) is 10.7. The van der Waals surface area contributed by atoms with Gasteiger partial charge in [0.2, 0.25) is 0 Å². The molecule has 0 bridgehead atoms. The Morgan fingerprint density at radius 2 is 1.75 bits per heavy atom. The lowest BCUT2D eigenvalue weighted by molar-refractivity contribution is 0.0936. The van der Waals surface area contributed by atoms with Crippen LogP contribution in [0.4, 0.5) is 0 Å². The lowest BCUT2D eigenvalue weighted by Gasteiger charge is -2.31. The molecule has 16 heavy (non-hydrogen) atoms. The van der Waals surface area contributed by atoms with Crippen LogP contribution in [0.5, 0.6) is 0 Å². The molecular weight excluding hydrogens is 202 g/mol. The molecule has 1 rings (SSSR count). The van der Waals surface area contributed by atoms with Gasteiger partial charge in [-0.1, -0.05) is 32.6 Å². The third-order valence-corrected chi connectivity index (χ3v) is 3.88. The van der Waals surface area contributed by atoms with E-state index in [2.05, 4.69) is 12.2 Å². The number of hydrogen-bond acceptors (Lipinski definition) is 3. The summed E-state index contributed by atoms with van der Waals surface area (Å²) in [5.41, 5.74) is 0.346. The first-order chi connectivity index (χ1) is 7.57. The maximum absolute atomic E-state index is 9.46. The SMILES string of the molecule is C[C@@H](O)[C@@H](CO)NCC1(C)CCCCCC1. The van der Waals surface area contributed by atoms with Gasteiger partial charge in [-0.3, -0.25) is 0 Å². The zero-order valence-corrected chi connectivity index (χ0v) is 10.7. The van der Waals surface area contributed by atoms with Crippen molar-refractivity contribution in [3.8, 4) is 0 Å². The average Bonchev–Trinajstić information content (AvgIpc) is 2.44. The molecule has 1 aliphatic carbocycles. The third kappa shape index (κ3) is 4.40. The maximum atomic E-state index is 9.46. The van der Waals surface area contributed by atoms with Crippen molar-refractivity contribution >= 4 is 0 Å². The number of aliphatic hydroxyl groups is 2. The maximum Gasteiger partial charge on any atom is 0.0687 e. The van der Waals surface area contributed by atoms with E-state index in [9.17, 15) is 5.11 Å². The highest BCUT2D eigenvalue weighted by Crippen LogP contribution is 2.33. The molecule has 0 spiro atoms. The van der Waals surface area contributed by atoms with Crippen LogP contribution >= 0.6 is 0 Å². The fraction of sp³-hybridized carbons (Fsp3) is 1.00. The Balaban J connectivity index is 2.38. The molecule has 1 saturated carbocycles. The largest absolute Gasteiger partial charge is 0.395 e. The van der Waals surface area contributed by atoms with E-state index in [-0.39, 0.29) is 12.6 Å². The van der Waals surface area contributed by atoms with Gasteiger partial charge in [0, 0.05) is 6.54 Å². The van der Waals surface area contributed by atoms with Gasteiger partial charge in [-0.15, -0.1) is 0 Å². The van der Waals surface area contributed by atoms with Gasteiger partial charge in [-0.05, 0) is 25.2 Å². The van der Waals surface area contributed by atoms with Gasteiger partial charge in [-0.25, -0.2) is 0 Å². The van der Waals surface area contributed by atoms with E-state index >= 15 is 0 Å². The summed E-state index contributed by atoms with van der Waals surface area (Å²) < 4.78 is 0. The van der Waals surface area contributed by atoms with Gasteiger partial charge in [0.05, 0.1) is 18.8 Å². The standard InChI is InChI=1S/C13H27NO2/c1-11(16)12(9-15)14-10-13(2)7-5-3-4-6-8-13/h11-12,14-16H,3-10H2,1-2H3/t11-,12-/m1/s1. The summed E-state index contributed by atoms with van der Waals surface area (Å²) in [5, 5.41) is 21.9. The summed E-state index contributed by atoms with van der Waals surface area (Å²) in [4.78, 5) is 0. The Bertz CT molecular complexity index is 186. The van der Waals surface area contributed by atoms with Gasteiger partial charge in [0.25, 0.3) is 0 Å². The molecule has 1 fully saturated rings. The van der Waals surface area contributed by atoms with Crippen LogP contribution in [0, 0.1) is 5.41 Å². The van der Waals surface area contributed by atoms with Crippen molar-refractivity contribution in [2.45, 2.75) is 64.5 Å². The summed E-state index contributed by atoms with van der Waals surface area (Å²) in [5.74, 6) is 0. The predicted molar refractivity (Wildman–Crippen MR) is 66.4 cm³/mol. The lowest BCUT2D eigenvalue weighted by atomic mass is 9.82. The molecule has 0 heterocycles. The van der Waals surface area contributed by atoms with Gasteiger partial charge in [0.1, 0.15) is 0 Å². The molecule has 0 unspecified atom stereocenters. The van der Waals surface area contributed by atoms with Crippen LogP contribution in [-0.4, -0.2) is 35.5 Å². The van der Waals surface area contributed by atoms with Gasteiger partial charge < -0.3 is 15.5 Å². The first-order valence-corrected chi connectivity index (χ1v) is 6.60. The highest BCUT2D eigenvalue weighted by molar-refractivity contribution is 4.82. The van der Waals surface area contributed by atoms with E-state index in [1.807, 2.05) is 0 Å². The van der Waals surface area contributed by atoms with E-state index in [0.29, 0.717) is 5.41 Å². The molecule has 3 heteroatoms. The molecule has 3 N–H and O–H groups in total. The monoisotopic (exact) mass is 229 g/mol. The van der Waals surface area contributed by atoms with Crippen molar-refractivity contribution in [3.63, 3.8) is 0 Å². The second-order valence-electron chi connectivity index (χ2n) is 5.64. The van der Waals surface area contributed by atoms with Crippen molar-refractivity contribution in [2.75, 3.05) is 13.2 Å². The molecule has 0 aromatic carbocycles. The molecule has 0 aromatic rings. The number of nitrogens with one attached hydrogen (secondary N) is 1.